The van der Waals surface area contributed by atoms with Crippen LogP contribution in [0.25, 0.3) is 0 Å². The van der Waals surface area contributed by atoms with Gasteiger partial charge in [0.2, 0.25) is 4.77 Å². The predicted molar refractivity (Wildman–Crippen MR) is 51.8 cm³/mol. The molecule has 0 aromatic carbocycles. The maximum atomic E-state index is 5.03. The molecule has 0 radical (unpaired) electrons. The Morgan fingerprint density at radius 3 is 2.77 bits per heavy atom. The summed E-state index contributed by atoms with van der Waals surface area (Å²) in [4.78, 5) is 0. The van der Waals surface area contributed by atoms with Gasteiger partial charge in [-0.2, -0.15) is 5.21 Å². The van der Waals surface area contributed by atoms with Crippen molar-refractivity contribution in [1.29, 1.82) is 0 Å². The van der Waals surface area contributed by atoms with Gasteiger partial charge >= 0.3 is 0 Å². The second kappa shape index (κ2) is 3.21. The van der Waals surface area contributed by atoms with E-state index in [4.69, 9.17) is 12.2 Å². The molecule has 1 aromatic rings. The van der Waals surface area contributed by atoms with Gasteiger partial charge in [0, 0.05) is 6.54 Å². The van der Waals surface area contributed by atoms with Crippen molar-refractivity contribution in [2.75, 3.05) is 0 Å². The molecule has 0 aliphatic heterocycles. The number of H-pyrrole nitrogens is 1. The second-order valence-electron chi connectivity index (χ2n) is 3.88. The van der Waals surface area contributed by atoms with Crippen LogP contribution in [0.2, 0.25) is 0 Å². The Bertz CT molecular complexity index is 330. The van der Waals surface area contributed by atoms with E-state index in [0.717, 1.165) is 6.54 Å². The smallest absolute Gasteiger partial charge is 0.238 e. The number of hydrogen-bond donors (Lipinski definition) is 1. The molecule has 1 fully saturated rings. The van der Waals surface area contributed by atoms with Gasteiger partial charge in [0.05, 0.1) is 0 Å². The van der Waals surface area contributed by atoms with Gasteiger partial charge < -0.3 is 0 Å². The first kappa shape index (κ1) is 8.87. The lowest BCUT2D eigenvalue weighted by atomic mass is 9.67. The Labute approximate surface area is 82.3 Å². The van der Waals surface area contributed by atoms with Gasteiger partial charge in [-0.15, -0.1) is 0 Å². The highest BCUT2D eigenvalue weighted by Crippen LogP contribution is 2.44. The third kappa shape index (κ3) is 1.52. The largest absolute Gasteiger partial charge is 0.242 e. The highest BCUT2D eigenvalue weighted by atomic mass is 32.1. The summed E-state index contributed by atoms with van der Waals surface area (Å²) in [6, 6.07) is 0. The van der Waals surface area contributed by atoms with Gasteiger partial charge in [0.1, 0.15) is 0 Å². The first-order chi connectivity index (χ1) is 6.26. The van der Waals surface area contributed by atoms with Crippen LogP contribution in [0.15, 0.2) is 0 Å². The zero-order valence-corrected chi connectivity index (χ0v) is 8.60. The number of rotatable bonds is 3. The molecular weight excluding hydrogens is 184 g/mol. The zero-order chi connectivity index (χ0) is 9.31. The summed E-state index contributed by atoms with van der Waals surface area (Å²) in [7, 11) is 0. The van der Waals surface area contributed by atoms with Gasteiger partial charge in [-0.1, -0.05) is 23.7 Å². The van der Waals surface area contributed by atoms with Gasteiger partial charge in [-0.05, 0) is 36.9 Å². The minimum atomic E-state index is 0.465. The summed E-state index contributed by atoms with van der Waals surface area (Å²) < 4.78 is 2.44. The lowest BCUT2D eigenvalue weighted by Crippen LogP contribution is -2.33. The van der Waals surface area contributed by atoms with Gasteiger partial charge in [-0.25, -0.2) is 4.68 Å². The van der Waals surface area contributed by atoms with E-state index in [1.165, 1.54) is 25.7 Å². The van der Waals surface area contributed by atoms with E-state index >= 15 is 0 Å². The molecule has 0 unspecified atom stereocenters. The lowest BCUT2D eigenvalue weighted by Gasteiger charge is -2.41. The third-order valence-corrected chi connectivity index (χ3v) is 3.49. The summed E-state index contributed by atoms with van der Waals surface area (Å²) in [6.45, 7) is 3.20. The molecule has 0 spiro atoms. The first-order valence-electron chi connectivity index (χ1n) is 4.74. The normalized spacial score (nSPS) is 19.8. The molecule has 0 atom stereocenters. The molecule has 0 bridgehead atoms. The highest BCUT2D eigenvalue weighted by Gasteiger charge is 2.35. The van der Waals surface area contributed by atoms with E-state index in [1.54, 1.807) is 0 Å². The Morgan fingerprint density at radius 1 is 1.62 bits per heavy atom. The van der Waals surface area contributed by atoms with Crippen LogP contribution in [0, 0.1) is 10.2 Å². The minimum absolute atomic E-state index is 0.465. The quantitative estimate of drug-likeness (QED) is 0.755. The van der Waals surface area contributed by atoms with Crippen LogP contribution in [0.5, 0.6) is 0 Å². The molecule has 2 rings (SSSR count). The molecule has 1 heterocycles. The highest BCUT2D eigenvalue weighted by molar-refractivity contribution is 7.71. The molecule has 1 aromatic heterocycles. The van der Waals surface area contributed by atoms with Crippen LogP contribution in [0.1, 0.15) is 32.6 Å². The van der Waals surface area contributed by atoms with Crippen molar-refractivity contribution >= 4 is 12.2 Å². The first-order valence-corrected chi connectivity index (χ1v) is 5.14. The second-order valence-corrected chi connectivity index (χ2v) is 4.24. The molecule has 5 heteroatoms. The van der Waals surface area contributed by atoms with Crippen LogP contribution >= 0.6 is 12.2 Å². The van der Waals surface area contributed by atoms with E-state index < -0.39 is 0 Å². The number of nitrogens with zero attached hydrogens (tertiary/aromatic N) is 3. The minimum Gasteiger partial charge on any atom is -0.242 e. The van der Waals surface area contributed by atoms with Crippen molar-refractivity contribution in [3.63, 3.8) is 0 Å². The van der Waals surface area contributed by atoms with Crippen molar-refractivity contribution in [3.8, 4) is 0 Å². The van der Waals surface area contributed by atoms with E-state index in [2.05, 4.69) is 22.4 Å². The average molecular weight is 198 g/mol. The van der Waals surface area contributed by atoms with Gasteiger partial charge in [-0.3, -0.25) is 0 Å². The van der Waals surface area contributed by atoms with Gasteiger partial charge in [0.15, 0.2) is 0 Å². The molecule has 72 valence electrons. The summed E-state index contributed by atoms with van der Waals surface area (Å²) in [5.74, 6) is 0. The molecule has 0 saturated heterocycles. The molecule has 1 aliphatic rings. The Balaban J connectivity index is 2.13. The maximum absolute atomic E-state index is 5.03. The Kier molecular flexibility index (Phi) is 2.19. The van der Waals surface area contributed by atoms with Crippen molar-refractivity contribution in [1.82, 2.24) is 20.2 Å². The molecule has 1 N–H and O–H groups in total. The SMILES string of the molecule is CCC1(Cn2[nH]nnc2=S)CCC1. The fraction of sp³-hybridized carbons (Fsp3) is 0.875. The van der Waals surface area contributed by atoms with Crippen molar-refractivity contribution in [2.24, 2.45) is 5.41 Å². The Morgan fingerprint density at radius 2 is 2.38 bits per heavy atom. The van der Waals surface area contributed by atoms with Crippen LogP contribution in [-0.4, -0.2) is 20.2 Å². The van der Waals surface area contributed by atoms with Crippen molar-refractivity contribution in [3.05, 3.63) is 4.77 Å². The topological polar surface area (TPSA) is 46.5 Å². The average Bonchev–Trinajstić information content (AvgIpc) is 2.44. The molecule has 1 aliphatic carbocycles. The van der Waals surface area contributed by atoms with Crippen molar-refractivity contribution < 1.29 is 0 Å². The molecule has 0 amide bonds. The summed E-state index contributed by atoms with van der Waals surface area (Å²) in [6.07, 6.45) is 5.19. The number of aromatic nitrogens is 4. The summed E-state index contributed by atoms with van der Waals surface area (Å²) in [5.41, 5.74) is 0.465. The maximum Gasteiger partial charge on any atom is 0.238 e. The van der Waals surface area contributed by atoms with Crippen LogP contribution in [-0.2, 0) is 6.54 Å². The number of aromatic amines is 1. The number of tetrazole rings is 1. The molecule has 1 saturated carbocycles. The standard InChI is InChI=1S/C8H14N4S/c1-2-8(4-3-5-8)6-12-7(13)9-10-11-12/h2-6H2,1H3,(H,9,11,13). The molecule has 13 heavy (non-hydrogen) atoms. The van der Waals surface area contributed by atoms with Gasteiger partial charge in [0.25, 0.3) is 0 Å². The third-order valence-electron chi connectivity index (χ3n) is 3.19. The monoisotopic (exact) mass is 198 g/mol. The number of hydrogen-bond acceptors (Lipinski definition) is 3. The summed E-state index contributed by atoms with van der Waals surface area (Å²) in [5, 5.41) is 10.3. The predicted octanol–water partition coefficient (Wildman–Crippen LogP) is 1.92. The fourth-order valence-electron chi connectivity index (χ4n) is 1.95. The zero-order valence-electron chi connectivity index (χ0n) is 7.79. The lowest BCUT2D eigenvalue weighted by molar-refractivity contribution is 0.0934. The van der Waals surface area contributed by atoms with E-state index in [1.807, 2.05) is 4.68 Å². The number of nitrogens with one attached hydrogen (secondary N) is 1. The molecular formula is C8H14N4S. The fourth-order valence-corrected chi connectivity index (χ4v) is 2.10. The summed E-state index contributed by atoms with van der Waals surface area (Å²) >= 11 is 5.03. The van der Waals surface area contributed by atoms with Crippen LogP contribution < -0.4 is 0 Å². The Hall–Kier alpha value is -0.710. The van der Waals surface area contributed by atoms with E-state index in [9.17, 15) is 0 Å². The van der Waals surface area contributed by atoms with E-state index in [-0.39, 0.29) is 0 Å². The molecule has 4 nitrogen and oxygen atoms in total. The van der Waals surface area contributed by atoms with Crippen LogP contribution in [0.3, 0.4) is 0 Å². The van der Waals surface area contributed by atoms with E-state index in [0.29, 0.717) is 10.2 Å². The van der Waals surface area contributed by atoms with Crippen LogP contribution in [0.4, 0.5) is 0 Å². The van der Waals surface area contributed by atoms with Crippen molar-refractivity contribution in [2.45, 2.75) is 39.2 Å².